The van der Waals surface area contributed by atoms with Crippen molar-refractivity contribution in [1.29, 1.82) is 0 Å². The number of hydrogen-bond donors (Lipinski definition) is 2. The number of hydrogen-bond acceptors (Lipinski definition) is 5. The van der Waals surface area contributed by atoms with E-state index in [9.17, 15) is 0 Å². The number of imidazole rings is 1. The van der Waals surface area contributed by atoms with E-state index in [1.54, 1.807) is 6.20 Å². The van der Waals surface area contributed by atoms with Gasteiger partial charge < -0.3 is 16.0 Å². The molecular formula is C21H24N6. The van der Waals surface area contributed by atoms with Gasteiger partial charge in [0.25, 0.3) is 0 Å². The summed E-state index contributed by atoms with van der Waals surface area (Å²) < 4.78 is 2.22. The number of nitrogens with zero attached hydrogens (tertiary/aromatic N) is 4. The Morgan fingerprint density at radius 2 is 2.00 bits per heavy atom. The third-order valence-corrected chi connectivity index (χ3v) is 4.88. The highest BCUT2D eigenvalue weighted by molar-refractivity contribution is 6.07. The van der Waals surface area contributed by atoms with Gasteiger partial charge in [-0.25, -0.2) is 9.97 Å². The van der Waals surface area contributed by atoms with Crippen LogP contribution in [0.4, 0.5) is 5.82 Å². The number of benzene rings is 1. The van der Waals surface area contributed by atoms with Gasteiger partial charge in [0.2, 0.25) is 0 Å². The SMILES string of the molecule is CCCCc1nc2c(N)nc3cc(-c4cccnc4)ccc3c2n1CCN. The molecular weight excluding hydrogens is 336 g/mol. The number of aryl methyl sites for hydroxylation is 1. The molecule has 0 saturated carbocycles. The molecule has 27 heavy (non-hydrogen) atoms. The van der Waals surface area contributed by atoms with Gasteiger partial charge in [0.1, 0.15) is 11.3 Å². The zero-order chi connectivity index (χ0) is 18.8. The molecule has 138 valence electrons. The molecule has 0 unspecified atom stereocenters. The summed E-state index contributed by atoms with van der Waals surface area (Å²) in [7, 11) is 0. The van der Waals surface area contributed by atoms with Crippen LogP contribution in [0.15, 0.2) is 42.7 Å². The zero-order valence-corrected chi connectivity index (χ0v) is 15.5. The predicted octanol–water partition coefficient (Wildman–Crippen LogP) is 3.53. The minimum atomic E-state index is 0.467. The summed E-state index contributed by atoms with van der Waals surface area (Å²) in [4.78, 5) is 13.6. The van der Waals surface area contributed by atoms with Gasteiger partial charge in [-0.05, 0) is 24.1 Å². The molecule has 1 aromatic carbocycles. The third kappa shape index (κ3) is 3.13. The number of pyridine rings is 2. The molecule has 0 bridgehead atoms. The minimum Gasteiger partial charge on any atom is -0.382 e. The van der Waals surface area contributed by atoms with Crippen LogP contribution in [0, 0.1) is 0 Å². The van der Waals surface area contributed by atoms with Crippen LogP contribution in [-0.4, -0.2) is 26.1 Å². The Hall–Kier alpha value is -2.99. The molecule has 6 heteroatoms. The van der Waals surface area contributed by atoms with Crippen molar-refractivity contribution in [3.63, 3.8) is 0 Å². The fourth-order valence-electron chi connectivity index (χ4n) is 3.57. The van der Waals surface area contributed by atoms with E-state index < -0.39 is 0 Å². The van der Waals surface area contributed by atoms with Crippen molar-refractivity contribution in [3.8, 4) is 11.1 Å². The second-order valence-corrected chi connectivity index (χ2v) is 6.74. The highest BCUT2D eigenvalue weighted by Crippen LogP contribution is 2.31. The number of fused-ring (bicyclic) bond motifs is 3. The average Bonchev–Trinajstić information content (AvgIpc) is 3.06. The number of anilines is 1. The van der Waals surface area contributed by atoms with Crippen LogP contribution in [0.2, 0.25) is 0 Å². The number of nitrogens with two attached hydrogens (primary N) is 2. The first kappa shape index (κ1) is 17.4. The normalized spacial score (nSPS) is 11.5. The van der Waals surface area contributed by atoms with Crippen LogP contribution in [-0.2, 0) is 13.0 Å². The van der Waals surface area contributed by atoms with Crippen LogP contribution in [0.25, 0.3) is 33.1 Å². The van der Waals surface area contributed by atoms with E-state index in [0.29, 0.717) is 12.4 Å². The van der Waals surface area contributed by atoms with E-state index in [-0.39, 0.29) is 0 Å². The van der Waals surface area contributed by atoms with Crippen LogP contribution in [0.3, 0.4) is 0 Å². The van der Waals surface area contributed by atoms with Gasteiger partial charge >= 0.3 is 0 Å². The smallest absolute Gasteiger partial charge is 0.152 e. The van der Waals surface area contributed by atoms with Crippen molar-refractivity contribution in [2.75, 3.05) is 12.3 Å². The summed E-state index contributed by atoms with van der Waals surface area (Å²) in [6, 6.07) is 10.2. The Labute approximate surface area is 158 Å². The third-order valence-electron chi connectivity index (χ3n) is 4.88. The molecule has 0 saturated heterocycles. The second-order valence-electron chi connectivity index (χ2n) is 6.74. The van der Waals surface area contributed by atoms with Gasteiger partial charge in [-0.15, -0.1) is 0 Å². The molecule has 0 aliphatic carbocycles. The van der Waals surface area contributed by atoms with E-state index in [0.717, 1.165) is 64.7 Å². The van der Waals surface area contributed by atoms with E-state index in [1.807, 2.05) is 18.3 Å². The molecule has 0 spiro atoms. The first-order valence-electron chi connectivity index (χ1n) is 9.41. The molecule has 0 aliphatic rings. The summed E-state index contributed by atoms with van der Waals surface area (Å²) in [5.41, 5.74) is 17.0. The van der Waals surface area contributed by atoms with Crippen molar-refractivity contribution in [3.05, 3.63) is 48.5 Å². The Morgan fingerprint density at radius 3 is 2.74 bits per heavy atom. The van der Waals surface area contributed by atoms with Gasteiger partial charge in [-0.3, -0.25) is 4.98 Å². The quantitative estimate of drug-likeness (QED) is 0.548. The number of unbranched alkanes of at least 4 members (excludes halogenated alkanes) is 1. The maximum absolute atomic E-state index is 6.29. The van der Waals surface area contributed by atoms with Crippen molar-refractivity contribution in [1.82, 2.24) is 19.5 Å². The molecule has 4 N–H and O–H groups in total. The Bertz CT molecular complexity index is 1080. The molecule has 0 amide bonds. The summed E-state index contributed by atoms with van der Waals surface area (Å²) in [6.07, 6.45) is 6.75. The lowest BCUT2D eigenvalue weighted by atomic mass is 10.0. The molecule has 3 heterocycles. The van der Waals surface area contributed by atoms with Gasteiger partial charge in [0.05, 0.1) is 11.0 Å². The summed E-state index contributed by atoms with van der Waals surface area (Å²) in [5.74, 6) is 1.50. The second kappa shape index (κ2) is 7.32. The molecule has 0 fully saturated rings. The summed E-state index contributed by atoms with van der Waals surface area (Å²) >= 11 is 0. The lowest BCUT2D eigenvalue weighted by molar-refractivity contribution is 0.652. The minimum absolute atomic E-state index is 0.467. The number of aromatic nitrogens is 4. The van der Waals surface area contributed by atoms with Crippen LogP contribution >= 0.6 is 0 Å². The molecule has 0 radical (unpaired) electrons. The Morgan fingerprint density at radius 1 is 1.11 bits per heavy atom. The average molecular weight is 360 g/mol. The molecule has 0 aliphatic heterocycles. The first-order chi connectivity index (χ1) is 13.2. The van der Waals surface area contributed by atoms with Gasteiger partial charge in [-0.1, -0.05) is 31.5 Å². The standard InChI is InChI=1S/C21H24N6/c1-2-3-6-18-26-19-20(27(18)11-9-22)16-8-7-14(12-17(16)25-21(19)23)15-5-4-10-24-13-15/h4-5,7-8,10,12-13H,2-3,6,9,11,22H2,1H3,(H2,23,25). The fraction of sp³-hybridized carbons (Fsp3) is 0.286. The molecule has 0 atom stereocenters. The zero-order valence-electron chi connectivity index (χ0n) is 15.5. The Kier molecular flexibility index (Phi) is 4.73. The monoisotopic (exact) mass is 360 g/mol. The number of nitrogen functional groups attached to an aromatic ring is 1. The van der Waals surface area contributed by atoms with Crippen molar-refractivity contribution in [2.24, 2.45) is 5.73 Å². The lowest BCUT2D eigenvalue weighted by Crippen LogP contribution is -2.13. The van der Waals surface area contributed by atoms with Crippen molar-refractivity contribution in [2.45, 2.75) is 32.7 Å². The van der Waals surface area contributed by atoms with Gasteiger partial charge in [0, 0.05) is 42.9 Å². The largest absolute Gasteiger partial charge is 0.382 e. The predicted molar refractivity (Wildman–Crippen MR) is 110 cm³/mol. The maximum atomic E-state index is 6.29. The molecule has 6 nitrogen and oxygen atoms in total. The number of rotatable bonds is 6. The van der Waals surface area contributed by atoms with E-state index in [4.69, 9.17) is 16.5 Å². The van der Waals surface area contributed by atoms with E-state index in [2.05, 4.69) is 39.7 Å². The topological polar surface area (TPSA) is 95.6 Å². The van der Waals surface area contributed by atoms with Gasteiger partial charge in [0.15, 0.2) is 5.82 Å². The van der Waals surface area contributed by atoms with Crippen molar-refractivity contribution < 1.29 is 0 Å². The van der Waals surface area contributed by atoms with E-state index >= 15 is 0 Å². The lowest BCUT2D eigenvalue weighted by Gasteiger charge is -2.10. The van der Waals surface area contributed by atoms with Crippen LogP contribution in [0.5, 0.6) is 0 Å². The fourth-order valence-corrected chi connectivity index (χ4v) is 3.57. The summed E-state index contributed by atoms with van der Waals surface area (Å²) in [6.45, 7) is 3.46. The molecule has 4 rings (SSSR count). The van der Waals surface area contributed by atoms with Crippen molar-refractivity contribution >= 4 is 27.8 Å². The Balaban J connectivity index is 1.95. The van der Waals surface area contributed by atoms with E-state index in [1.165, 1.54) is 0 Å². The highest BCUT2D eigenvalue weighted by atomic mass is 15.1. The molecule has 3 aromatic heterocycles. The highest BCUT2D eigenvalue weighted by Gasteiger charge is 2.17. The van der Waals surface area contributed by atoms with Gasteiger partial charge in [-0.2, -0.15) is 0 Å². The first-order valence-corrected chi connectivity index (χ1v) is 9.41. The summed E-state index contributed by atoms with van der Waals surface area (Å²) in [5, 5.41) is 1.05. The molecule has 4 aromatic rings. The van der Waals surface area contributed by atoms with Crippen LogP contribution in [0.1, 0.15) is 25.6 Å². The maximum Gasteiger partial charge on any atom is 0.152 e. The van der Waals surface area contributed by atoms with Crippen LogP contribution < -0.4 is 11.5 Å².